The van der Waals surface area contributed by atoms with Gasteiger partial charge in [-0.2, -0.15) is 10.4 Å². The fraction of sp³-hybridized carbons (Fsp3) is 0.478. The summed E-state index contributed by atoms with van der Waals surface area (Å²) in [5.41, 5.74) is 0.670. The molecule has 1 aliphatic carbocycles. The first-order valence-corrected chi connectivity index (χ1v) is 11.8. The van der Waals surface area contributed by atoms with E-state index in [9.17, 15) is 4.79 Å². The van der Waals surface area contributed by atoms with Crippen LogP contribution < -0.4 is 10.1 Å². The Morgan fingerprint density at radius 2 is 2.03 bits per heavy atom. The molecule has 1 aromatic heterocycles. The molecular formula is C23H23Cl2N5O4. The second-order valence-electron chi connectivity index (χ2n) is 9.17. The number of fused-ring (bicyclic) bond motifs is 2. The fourth-order valence-electron chi connectivity index (χ4n) is 4.27. The van der Waals surface area contributed by atoms with Crippen LogP contribution in [-0.2, 0) is 9.47 Å². The number of benzene rings is 1. The summed E-state index contributed by atoms with van der Waals surface area (Å²) >= 11 is 12.9. The van der Waals surface area contributed by atoms with E-state index >= 15 is 0 Å². The Kier molecular flexibility index (Phi) is 6.15. The van der Waals surface area contributed by atoms with Gasteiger partial charge < -0.3 is 24.4 Å². The van der Waals surface area contributed by atoms with Crippen LogP contribution in [0.25, 0.3) is 0 Å². The van der Waals surface area contributed by atoms with Gasteiger partial charge in [-0.15, -0.1) is 5.10 Å². The van der Waals surface area contributed by atoms with E-state index in [1.807, 2.05) is 13.0 Å². The summed E-state index contributed by atoms with van der Waals surface area (Å²) in [6.45, 7) is 3.88. The third-order valence-corrected chi connectivity index (χ3v) is 7.10. The van der Waals surface area contributed by atoms with Crippen molar-refractivity contribution in [1.82, 2.24) is 15.1 Å². The molecule has 11 heteroatoms. The zero-order valence-electron chi connectivity index (χ0n) is 18.5. The van der Waals surface area contributed by atoms with Crippen LogP contribution in [0.1, 0.15) is 25.3 Å². The third-order valence-electron chi connectivity index (χ3n) is 6.42. The Hall–Kier alpha value is -2.80. The van der Waals surface area contributed by atoms with Crippen molar-refractivity contribution in [1.29, 1.82) is 5.26 Å². The number of halogens is 2. The van der Waals surface area contributed by atoms with Gasteiger partial charge in [0.25, 0.3) is 0 Å². The summed E-state index contributed by atoms with van der Waals surface area (Å²) in [5, 5.41) is 20.8. The van der Waals surface area contributed by atoms with Crippen molar-refractivity contribution < 1.29 is 19.0 Å². The van der Waals surface area contributed by atoms with Crippen LogP contribution in [0, 0.1) is 23.2 Å². The number of piperidine rings is 1. The van der Waals surface area contributed by atoms with E-state index in [1.165, 1.54) is 6.20 Å². The lowest BCUT2D eigenvalue weighted by atomic mass is 9.84. The number of nitrogens with zero attached hydrogens (tertiary/aromatic N) is 4. The second-order valence-corrected chi connectivity index (χ2v) is 9.95. The topological polar surface area (TPSA) is 110 Å². The molecule has 2 saturated heterocycles. The molecule has 2 bridgehead atoms. The Morgan fingerprint density at radius 3 is 2.68 bits per heavy atom. The zero-order valence-corrected chi connectivity index (χ0v) is 20.0. The predicted molar refractivity (Wildman–Crippen MR) is 124 cm³/mol. The average molecular weight is 504 g/mol. The molecule has 1 saturated carbocycles. The van der Waals surface area contributed by atoms with Crippen LogP contribution >= 0.6 is 23.2 Å². The minimum absolute atomic E-state index is 0.0272. The molecule has 3 fully saturated rings. The molecule has 2 unspecified atom stereocenters. The minimum atomic E-state index is -0.312. The van der Waals surface area contributed by atoms with Crippen molar-refractivity contribution in [3.05, 3.63) is 40.0 Å². The smallest absolute Gasteiger partial charge is 0.410 e. The maximum absolute atomic E-state index is 12.6. The average Bonchev–Trinajstić information content (AvgIpc) is 3.53. The maximum Gasteiger partial charge on any atom is 0.410 e. The quantitative estimate of drug-likeness (QED) is 0.638. The standard InChI is InChI=1S/C23H23Cl2N5O4/c1-23(4-5-23)34-22(31)30-9-14-11-32-12-15(10-30)20(14)33-18-8-27-29-21(19(18)25)28-17-3-2-13(7-26)6-16(17)24/h2-3,6,8,14-15,20H,4-5,9-12H2,1H3,(H,28,29). The van der Waals surface area contributed by atoms with Gasteiger partial charge in [0.15, 0.2) is 11.6 Å². The van der Waals surface area contributed by atoms with Crippen LogP contribution in [0.5, 0.6) is 5.75 Å². The molecule has 0 radical (unpaired) electrons. The van der Waals surface area contributed by atoms with Gasteiger partial charge >= 0.3 is 6.09 Å². The minimum Gasteiger partial charge on any atom is -0.486 e. The lowest BCUT2D eigenvalue weighted by Gasteiger charge is -2.46. The summed E-state index contributed by atoms with van der Waals surface area (Å²) in [5.74, 6) is 0.611. The van der Waals surface area contributed by atoms with Gasteiger partial charge in [0.1, 0.15) is 16.7 Å². The first-order chi connectivity index (χ1) is 16.3. The van der Waals surface area contributed by atoms with Gasteiger partial charge in [-0.1, -0.05) is 23.2 Å². The molecule has 1 amide bonds. The highest BCUT2D eigenvalue weighted by molar-refractivity contribution is 6.35. The first-order valence-electron chi connectivity index (χ1n) is 11.1. The fourth-order valence-corrected chi connectivity index (χ4v) is 4.68. The van der Waals surface area contributed by atoms with Gasteiger partial charge in [0.2, 0.25) is 0 Å². The summed E-state index contributed by atoms with van der Waals surface area (Å²) in [7, 11) is 0. The Bertz CT molecular complexity index is 1140. The van der Waals surface area contributed by atoms with Crippen molar-refractivity contribution in [2.75, 3.05) is 31.6 Å². The summed E-state index contributed by atoms with van der Waals surface area (Å²) in [6.07, 6.45) is 2.82. The van der Waals surface area contributed by atoms with Gasteiger partial charge in [0, 0.05) is 24.9 Å². The molecule has 5 rings (SSSR count). The lowest BCUT2D eigenvalue weighted by molar-refractivity contribution is -0.110. The Labute approximate surface area is 206 Å². The number of hydrogen-bond acceptors (Lipinski definition) is 8. The van der Waals surface area contributed by atoms with E-state index in [1.54, 1.807) is 23.1 Å². The van der Waals surface area contributed by atoms with Crippen LogP contribution in [0.2, 0.25) is 10.0 Å². The Morgan fingerprint density at radius 1 is 1.29 bits per heavy atom. The number of hydrogen-bond donors (Lipinski definition) is 1. The third kappa shape index (κ3) is 4.71. The van der Waals surface area contributed by atoms with E-state index in [0.717, 1.165) is 12.8 Å². The first kappa shape index (κ1) is 23.0. The van der Waals surface area contributed by atoms with Crippen molar-refractivity contribution in [3.8, 4) is 11.8 Å². The highest BCUT2D eigenvalue weighted by atomic mass is 35.5. The molecule has 1 aromatic carbocycles. The summed E-state index contributed by atoms with van der Waals surface area (Å²) in [4.78, 5) is 14.4. The van der Waals surface area contributed by atoms with Crippen molar-refractivity contribution in [2.45, 2.75) is 31.5 Å². The van der Waals surface area contributed by atoms with Crippen LogP contribution in [0.4, 0.5) is 16.3 Å². The molecule has 9 nitrogen and oxygen atoms in total. The number of rotatable bonds is 5. The molecule has 1 N–H and O–H groups in total. The number of aromatic nitrogens is 2. The van der Waals surface area contributed by atoms with Crippen LogP contribution in [-0.4, -0.2) is 59.2 Å². The van der Waals surface area contributed by atoms with Gasteiger partial charge in [-0.3, -0.25) is 0 Å². The van der Waals surface area contributed by atoms with Gasteiger partial charge in [-0.05, 0) is 38.0 Å². The number of carbonyl (C=O) groups is 1. The zero-order chi connectivity index (χ0) is 23.9. The molecule has 3 aliphatic rings. The molecule has 3 heterocycles. The summed E-state index contributed by atoms with van der Waals surface area (Å²) in [6, 6.07) is 6.90. The molecule has 178 valence electrons. The summed E-state index contributed by atoms with van der Waals surface area (Å²) < 4.78 is 17.7. The maximum atomic E-state index is 12.6. The van der Waals surface area contributed by atoms with E-state index < -0.39 is 0 Å². The number of likely N-dealkylation sites (tertiary alicyclic amines) is 1. The number of amides is 1. The normalized spacial score (nSPS) is 24.6. The monoisotopic (exact) mass is 503 g/mol. The number of ether oxygens (including phenoxy) is 3. The van der Waals surface area contributed by atoms with Gasteiger partial charge in [-0.25, -0.2) is 4.79 Å². The SMILES string of the molecule is CC1(OC(=O)N2CC3COCC(C2)C3Oc2cnnc(Nc3ccc(C#N)cc3Cl)c2Cl)CC1. The Balaban J connectivity index is 1.30. The second kappa shape index (κ2) is 9.10. The number of nitrogens with one attached hydrogen (secondary N) is 1. The van der Waals surface area contributed by atoms with Crippen LogP contribution in [0.15, 0.2) is 24.4 Å². The predicted octanol–water partition coefficient (Wildman–Crippen LogP) is 4.41. The van der Waals surface area contributed by atoms with Crippen molar-refractivity contribution >= 4 is 40.8 Å². The number of carbonyl (C=O) groups excluding carboxylic acids is 1. The van der Waals surface area contributed by atoms with Crippen molar-refractivity contribution in [3.63, 3.8) is 0 Å². The van der Waals surface area contributed by atoms with Gasteiger partial charge in [0.05, 0.1) is 41.8 Å². The molecular weight excluding hydrogens is 481 g/mol. The highest BCUT2D eigenvalue weighted by Gasteiger charge is 2.47. The number of nitriles is 1. The number of anilines is 2. The van der Waals surface area contributed by atoms with E-state index in [4.69, 9.17) is 42.7 Å². The van der Waals surface area contributed by atoms with E-state index in [2.05, 4.69) is 15.5 Å². The molecule has 0 spiro atoms. The highest BCUT2D eigenvalue weighted by Crippen LogP contribution is 2.41. The molecule has 2 aromatic rings. The van der Waals surface area contributed by atoms with Crippen LogP contribution in [0.3, 0.4) is 0 Å². The molecule has 2 atom stereocenters. The van der Waals surface area contributed by atoms with E-state index in [-0.39, 0.29) is 40.5 Å². The van der Waals surface area contributed by atoms with E-state index in [0.29, 0.717) is 48.3 Å². The largest absolute Gasteiger partial charge is 0.486 e. The lowest BCUT2D eigenvalue weighted by Crippen LogP contribution is -2.59. The van der Waals surface area contributed by atoms with Crippen molar-refractivity contribution in [2.24, 2.45) is 11.8 Å². The molecule has 2 aliphatic heterocycles. The molecule has 34 heavy (non-hydrogen) atoms.